The zero-order valence-corrected chi connectivity index (χ0v) is 12.5. The summed E-state index contributed by atoms with van der Waals surface area (Å²) in [6.07, 6.45) is 0.892. The summed E-state index contributed by atoms with van der Waals surface area (Å²) in [4.78, 5) is 0. The van der Waals surface area contributed by atoms with Crippen molar-refractivity contribution in [3.05, 3.63) is 41.1 Å². The molecule has 0 unspecified atom stereocenters. The van der Waals surface area contributed by atoms with Crippen LogP contribution in [-0.4, -0.2) is 16.3 Å². The van der Waals surface area contributed by atoms with Crippen LogP contribution in [0.2, 0.25) is 0 Å². The Kier molecular flexibility index (Phi) is 3.32. The standard InChI is InChI=1S/C16H19F2N3/c1-16(2,3)21-14-6-7-19-9-11(14)15(20-21)10-4-5-12(17)13(18)8-10/h4-5,8,19H,6-7,9H2,1-3H3. The molecule has 0 atom stereocenters. The van der Waals surface area contributed by atoms with E-state index in [1.807, 2.05) is 4.68 Å². The van der Waals surface area contributed by atoms with E-state index in [9.17, 15) is 8.78 Å². The Morgan fingerprint density at radius 3 is 2.62 bits per heavy atom. The van der Waals surface area contributed by atoms with Crippen molar-refractivity contribution in [2.45, 2.75) is 39.3 Å². The summed E-state index contributed by atoms with van der Waals surface area (Å²) < 4.78 is 28.7. The van der Waals surface area contributed by atoms with Crippen LogP contribution in [-0.2, 0) is 18.5 Å². The summed E-state index contributed by atoms with van der Waals surface area (Å²) >= 11 is 0. The molecule has 1 aliphatic heterocycles. The predicted molar refractivity (Wildman–Crippen MR) is 78.0 cm³/mol. The van der Waals surface area contributed by atoms with E-state index in [2.05, 4.69) is 26.1 Å². The number of hydrogen-bond acceptors (Lipinski definition) is 2. The third-order valence-electron chi connectivity index (χ3n) is 3.76. The fourth-order valence-corrected chi connectivity index (χ4v) is 2.78. The second-order valence-electron chi connectivity index (χ2n) is 6.41. The van der Waals surface area contributed by atoms with Crippen LogP contribution in [0.5, 0.6) is 0 Å². The minimum absolute atomic E-state index is 0.141. The molecule has 1 aromatic carbocycles. The van der Waals surface area contributed by atoms with Crippen LogP contribution >= 0.6 is 0 Å². The van der Waals surface area contributed by atoms with Crippen LogP contribution in [0.15, 0.2) is 18.2 Å². The predicted octanol–water partition coefficient (Wildman–Crippen LogP) is 3.23. The normalized spacial score (nSPS) is 15.1. The average molecular weight is 291 g/mol. The monoisotopic (exact) mass is 291 g/mol. The second-order valence-corrected chi connectivity index (χ2v) is 6.41. The molecule has 0 spiro atoms. The molecule has 1 aliphatic rings. The van der Waals surface area contributed by atoms with Gasteiger partial charge in [0, 0.05) is 36.3 Å². The number of nitrogens with zero attached hydrogens (tertiary/aromatic N) is 2. The molecule has 0 fully saturated rings. The lowest BCUT2D eigenvalue weighted by molar-refractivity contribution is 0.340. The van der Waals surface area contributed by atoms with Gasteiger partial charge >= 0.3 is 0 Å². The fraction of sp³-hybridized carbons (Fsp3) is 0.438. The topological polar surface area (TPSA) is 29.9 Å². The van der Waals surface area contributed by atoms with E-state index in [-0.39, 0.29) is 5.54 Å². The highest BCUT2D eigenvalue weighted by Crippen LogP contribution is 2.31. The zero-order valence-electron chi connectivity index (χ0n) is 12.5. The van der Waals surface area contributed by atoms with Crippen LogP contribution < -0.4 is 5.32 Å². The lowest BCUT2D eigenvalue weighted by atomic mass is 10.0. The number of nitrogens with one attached hydrogen (secondary N) is 1. The Morgan fingerprint density at radius 1 is 1.19 bits per heavy atom. The molecule has 3 nitrogen and oxygen atoms in total. The SMILES string of the molecule is CC(C)(C)n1nc(-c2ccc(F)c(F)c2)c2c1CCNC2. The van der Waals surface area contributed by atoms with Gasteiger partial charge in [-0.15, -0.1) is 0 Å². The van der Waals surface area contributed by atoms with E-state index in [1.54, 1.807) is 6.07 Å². The van der Waals surface area contributed by atoms with Gasteiger partial charge in [0.15, 0.2) is 11.6 Å². The second kappa shape index (κ2) is 4.91. The summed E-state index contributed by atoms with van der Waals surface area (Å²) in [5.41, 5.74) is 3.49. The number of hydrogen-bond donors (Lipinski definition) is 1. The van der Waals surface area contributed by atoms with E-state index in [4.69, 9.17) is 5.10 Å². The van der Waals surface area contributed by atoms with Gasteiger partial charge in [-0.1, -0.05) is 0 Å². The molecular weight excluding hydrogens is 272 g/mol. The van der Waals surface area contributed by atoms with Crippen molar-refractivity contribution in [3.63, 3.8) is 0 Å². The lowest BCUT2D eigenvalue weighted by Crippen LogP contribution is -2.30. The first-order valence-electron chi connectivity index (χ1n) is 7.15. The van der Waals surface area contributed by atoms with Crippen LogP contribution in [0.1, 0.15) is 32.0 Å². The fourth-order valence-electron chi connectivity index (χ4n) is 2.78. The maximum Gasteiger partial charge on any atom is 0.159 e. The average Bonchev–Trinajstić information content (AvgIpc) is 2.81. The van der Waals surface area contributed by atoms with Gasteiger partial charge in [0.2, 0.25) is 0 Å². The number of fused-ring (bicyclic) bond motifs is 1. The smallest absolute Gasteiger partial charge is 0.159 e. The Balaban J connectivity index is 2.18. The first-order chi connectivity index (χ1) is 9.88. The van der Waals surface area contributed by atoms with Gasteiger partial charge in [-0.25, -0.2) is 8.78 Å². The molecule has 0 bridgehead atoms. The molecule has 1 N–H and O–H groups in total. The van der Waals surface area contributed by atoms with Crippen molar-refractivity contribution in [2.75, 3.05) is 6.54 Å². The highest BCUT2D eigenvalue weighted by atomic mass is 19.2. The number of aromatic nitrogens is 2. The zero-order chi connectivity index (χ0) is 15.2. The van der Waals surface area contributed by atoms with Crippen molar-refractivity contribution in [2.24, 2.45) is 0 Å². The molecule has 21 heavy (non-hydrogen) atoms. The van der Waals surface area contributed by atoms with Crippen molar-refractivity contribution in [3.8, 4) is 11.3 Å². The van der Waals surface area contributed by atoms with E-state index < -0.39 is 11.6 Å². The molecule has 0 radical (unpaired) electrons. The molecule has 5 heteroatoms. The number of halogens is 2. The summed E-state index contributed by atoms with van der Waals surface area (Å²) in [7, 11) is 0. The summed E-state index contributed by atoms with van der Waals surface area (Å²) in [5, 5.41) is 8.01. The minimum atomic E-state index is -0.838. The van der Waals surface area contributed by atoms with Crippen LogP contribution in [0.25, 0.3) is 11.3 Å². The summed E-state index contributed by atoms with van der Waals surface area (Å²) in [6, 6.07) is 3.96. The molecule has 0 amide bonds. The highest BCUT2D eigenvalue weighted by Gasteiger charge is 2.27. The Labute approximate surface area is 123 Å². The summed E-state index contributed by atoms with van der Waals surface area (Å²) in [6.45, 7) is 7.90. The molecule has 2 heterocycles. The van der Waals surface area contributed by atoms with Crippen LogP contribution in [0.4, 0.5) is 8.78 Å². The van der Waals surface area contributed by atoms with Crippen molar-refractivity contribution < 1.29 is 8.78 Å². The van der Waals surface area contributed by atoms with E-state index in [0.29, 0.717) is 12.1 Å². The van der Waals surface area contributed by atoms with E-state index in [0.717, 1.165) is 30.3 Å². The Morgan fingerprint density at radius 2 is 1.95 bits per heavy atom. The van der Waals surface area contributed by atoms with Crippen LogP contribution in [0, 0.1) is 11.6 Å². The maximum absolute atomic E-state index is 13.5. The van der Waals surface area contributed by atoms with E-state index >= 15 is 0 Å². The van der Waals surface area contributed by atoms with Gasteiger partial charge in [-0.05, 0) is 39.0 Å². The van der Waals surface area contributed by atoms with Gasteiger partial charge in [0.1, 0.15) is 0 Å². The summed E-state index contributed by atoms with van der Waals surface area (Å²) in [5.74, 6) is -1.67. The Bertz CT molecular complexity index is 684. The van der Waals surface area contributed by atoms with Crippen molar-refractivity contribution in [1.82, 2.24) is 15.1 Å². The van der Waals surface area contributed by atoms with Crippen molar-refractivity contribution in [1.29, 1.82) is 0 Å². The van der Waals surface area contributed by atoms with Gasteiger partial charge in [0.05, 0.1) is 11.2 Å². The lowest BCUT2D eigenvalue weighted by Gasteiger charge is -2.24. The van der Waals surface area contributed by atoms with E-state index in [1.165, 1.54) is 11.8 Å². The first-order valence-corrected chi connectivity index (χ1v) is 7.15. The Hall–Kier alpha value is -1.75. The molecule has 3 rings (SSSR count). The molecule has 0 saturated heterocycles. The number of rotatable bonds is 1. The number of benzene rings is 1. The van der Waals surface area contributed by atoms with Gasteiger partial charge in [-0.3, -0.25) is 4.68 Å². The van der Waals surface area contributed by atoms with Gasteiger partial charge < -0.3 is 5.32 Å². The molecular formula is C16H19F2N3. The van der Waals surface area contributed by atoms with Gasteiger partial charge in [-0.2, -0.15) is 5.10 Å². The molecule has 2 aromatic rings. The minimum Gasteiger partial charge on any atom is -0.312 e. The molecule has 1 aromatic heterocycles. The quantitative estimate of drug-likeness (QED) is 0.874. The molecule has 112 valence electrons. The molecule has 0 aliphatic carbocycles. The highest BCUT2D eigenvalue weighted by molar-refractivity contribution is 5.64. The third-order valence-corrected chi connectivity index (χ3v) is 3.76. The van der Waals surface area contributed by atoms with Crippen molar-refractivity contribution >= 4 is 0 Å². The van der Waals surface area contributed by atoms with Gasteiger partial charge in [0.25, 0.3) is 0 Å². The largest absolute Gasteiger partial charge is 0.312 e. The third kappa shape index (κ3) is 2.46. The maximum atomic E-state index is 13.5. The first kappa shape index (κ1) is 14.2. The molecule has 0 saturated carbocycles. The van der Waals surface area contributed by atoms with Crippen LogP contribution in [0.3, 0.4) is 0 Å².